The summed E-state index contributed by atoms with van der Waals surface area (Å²) in [6.45, 7) is 1.27. The van der Waals surface area contributed by atoms with Gasteiger partial charge in [-0.15, -0.1) is 0 Å². The molecule has 1 aliphatic carbocycles. The van der Waals surface area contributed by atoms with Crippen molar-refractivity contribution >= 4 is 23.3 Å². The number of anilines is 2. The fourth-order valence-corrected chi connectivity index (χ4v) is 3.91. The van der Waals surface area contributed by atoms with Crippen LogP contribution in [0, 0.1) is 17.2 Å². The van der Waals surface area contributed by atoms with Crippen molar-refractivity contribution < 1.29 is 36.3 Å². The molecule has 0 radical (unpaired) electrons. The van der Waals surface area contributed by atoms with Gasteiger partial charge in [0.15, 0.2) is 11.9 Å². The Morgan fingerprint density at radius 2 is 2.06 bits per heavy atom. The Morgan fingerprint density at radius 3 is 2.63 bits per heavy atom. The molecule has 1 atom stereocenters. The van der Waals surface area contributed by atoms with Gasteiger partial charge in [0, 0.05) is 25.5 Å². The molecule has 1 saturated carbocycles. The fourth-order valence-electron chi connectivity index (χ4n) is 3.91. The van der Waals surface area contributed by atoms with Gasteiger partial charge in [0.1, 0.15) is 17.5 Å². The maximum absolute atomic E-state index is 13.0. The molecule has 1 N–H and O–H groups in total. The van der Waals surface area contributed by atoms with Crippen molar-refractivity contribution in [2.45, 2.75) is 50.9 Å². The molecule has 2 aliphatic rings. The van der Waals surface area contributed by atoms with Gasteiger partial charge in [0.2, 0.25) is 17.7 Å². The van der Waals surface area contributed by atoms with Crippen molar-refractivity contribution in [1.29, 1.82) is 5.26 Å². The third-order valence-electron chi connectivity index (χ3n) is 5.64. The lowest BCUT2D eigenvalue weighted by Gasteiger charge is -2.34. The van der Waals surface area contributed by atoms with E-state index < -0.39 is 41.6 Å². The second-order valence-corrected chi connectivity index (χ2v) is 8.44. The van der Waals surface area contributed by atoms with E-state index in [9.17, 15) is 36.8 Å². The van der Waals surface area contributed by atoms with Crippen molar-refractivity contribution in [3.8, 4) is 11.9 Å². The molecule has 0 aromatic carbocycles. The lowest BCUT2D eigenvalue weighted by molar-refractivity contribution is -0.141. The van der Waals surface area contributed by atoms with E-state index in [4.69, 9.17) is 4.74 Å². The summed E-state index contributed by atoms with van der Waals surface area (Å²) in [7, 11) is 0. The molecule has 2 aromatic rings. The zero-order valence-electron chi connectivity index (χ0n) is 18.2. The maximum atomic E-state index is 13.0. The van der Waals surface area contributed by atoms with Crippen molar-refractivity contribution in [2.75, 3.05) is 10.2 Å². The van der Waals surface area contributed by atoms with Gasteiger partial charge in [-0.1, -0.05) is 6.07 Å². The first-order valence-electron chi connectivity index (χ1n) is 10.5. The summed E-state index contributed by atoms with van der Waals surface area (Å²) in [5.74, 6) is -4.60. The minimum absolute atomic E-state index is 0.0820. The van der Waals surface area contributed by atoms with Crippen LogP contribution < -0.4 is 15.0 Å². The number of rotatable bonds is 5. The first-order chi connectivity index (χ1) is 16.4. The highest BCUT2D eigenvalue weighted by molar-refractivity contribution is 6.00. The summed E-state index contributed by atoms with van der Waals surface area (Å²) >= 11 is 0. The summed E-state index contributed by atoms with van der Waals surface area (Å²) < 4.78 is 69.9. The molecule has 1 aliphatic heterocycles. The quantitative estimate of drug-likeness (QED) is 0.627. The Hall–Kier alpha value is -3.82. The number of fused-ring (bicyclic) bond motifs is 1. The number of carbonyl (C=O) groups is 2. The molecule has 0 saturated heterocycles. The van der Waals surface area contributed by atoms with Gasteiger partial charge in [-0.25, -0.2) is 8.78 Å². The molecular weight excluding hydrogens is 477 g/mol. The van der Waals surface area contributed by atoms with Gasteiger partial charge in [-0.05, 0) is 30.5 Å². The second kappa shape index (κ2) is 8.75. The van der Waals surface area contributed by atoms with Crippen LogP contribution in [0.15, 0.2) is 24.4 Å². The molecule has 1 unspecified atom stereocenters. The minimum Gasteiger partial charge on any atom is -0.463 e. The molecular formula is C22H18F5N5O3. The van der Waals surface area contributed by atoms with Crippen LogP contribution in [0.25, 0.3) is 0 Å². The molecule has 1 fully saturated rings. The number of pyridine rings is 2. The number of nitrogens with zero attached hydrogens (tertiary/aromatic N) is 4. The fraction of sp³-hybridized carbons (Fsp3) is 0.409. The van der Waals surface area contributed by atoms with Crippen LogP contribution in [0.4, 0.5) is 33.5 Å². The molecule has 3 heterocycles. The summed E-state index contributed by atoms with van der Waals surface area (Å²) in [6.07, 6.45) is -5.57. The van der Waals surface area contributed by atoms with Crippen LogP contribution in [0.5, 0.6) is 5.88 Å². The maximum Gasteiger partial charge on any atom is 0.433 e. The monoisotopic (exact) mass is 495 g/mol. The highest BCUT2D eigenvalue weighted by atomic mass is 19.4. The van der Waals surface area contributed by atoms with Gasteiger partial charge in [0.25, 0.3) is 5.91 Å². The third-order valence-corrected chi connectivity index (χ3v) is 5.64. The number of carbonyl (C=O) groups excluding carboxylic acids is 2. The molecule has 4 rings (SSSR count). The first kappa shape index (κ1) is 24.3. The van der Waals surface area contributed by atoms with E-state index in [-0.39, 0.29) is 48.8 Å². The molecule has 2 aromatic heterocycles. The minimum atomic E-state index is -4.61. The van der Waals surface area contributed by atoms with Gasteiger partial charge in [-0.3, -0.25) is 19.5 Å². The standard InChI is InChI=1S/C22H18F5N5O3/c1-11-20(34)32(10-12-2-3-16(29-9-12)22(25,26)27)15-5-14(8-28)18(31-19(15)35-11)30-17(33)4-13-6-21(23,24)7-13/h2-3,5,9,11,13H,4,6-7,10H2,1H3,(H,30,31,33). The van der Waals surface area contributed by atoms with Crippen LogP contribution in [-0.2, 0) is 22.3 Å². The SMILES string of the molecule is CC1Oc2nc(NC(=O)CC3CC(F)(F)C3)c(C#N)cc2N(Cc2ccc(C(F)(F)F)nc2)C1=O. The number of hydrogen-bond acceptors (Lipinski definition) is 6. The van der Waals surface area contributed by atoms with Crippen molar-refractivity contribution in [2.24, 2.45) is 5.92 Å². The number of ether oxygens (including phenoxy) is 1. The van der Waals surface area contributed by atoms with Crippen LogP contribution in [0.3, 0.4) is 0 Å². The van der Waals surface area contributed by atoms with E-state index in [0.717, 1.165) is 12.3 Å². The summed E-state index contributed by atoms with van der Waals surface area (Å²) in [5.41, 5.74) is -0.818. The van der Waals surface area contributed by atoms with Crippen molar-refractivity contribution in [3.63, 3.8) is 0 Å². The van der Waals surface area contributed by atoms with Crippen LogP contribution in [0.1, 0.15) is 43.0 Å². The second-order valence-electron chi connectivity index (χ2n) is 8.44. The largest absolute Gasteiger partial charge is 0.463 e. The highest BCUT2D eigenvalue weighted by Crippen LogP contribution is 2.44. The average molecular weight is 495 g/mol. The Morgan fingerprint density at radius 1 is 1.34 bits per heavy atom. The van der Waals surface area contributed by atoms with E-state index in [0.29, 0.717) is 5.56 Å². The number of nitriles is 1. The predicted molar refractivity (Wildman–Crippen MR) is 110 cm³/mol. The molecule has 0 spiro atoms. The molecule has 0 bridgehead atoms. The third kappa shape index (κ3) is 5.16. The molecule has 184 valence electrons. The van der Waals surface area contributed by atoms with E-state index >= 15 is 0 Å². The lowest BCUT2D eigenvalue weighted by atomic mass is 9.79. The summed E-state index contributed by atoms with van der Waals surface area (Å²) in [6, 6.07) is 5.09. The number of amides is 2. The highest BCUT2D eigenvalue weighted by Gasteiger charge is 2.45. The number of hydrogen-bond donors (Lipinski definition) is 1. The molecule has 35 heavy (non-hydrogen) atoms. The predicted octanol–water partition coefficient (Wildman–Crippen LogP) is 4.06. The van der Waals surface area contributed by atoms with E-state index in [1.807, 2.05) is 6.07 Å². The van der Waals surface area contributed by atoms with Crippen molar-refractivity contribution in [1.82, 2.24) is 9.97 Å². The van der Waals surface area contributed by atoms with Crippen molar-refractivity contribution in [3.05, 3.63) is 41.2 Å². The Bertz CT molecular complexity index is 1200. The topological polar surface area (TPSA) is 108 Å². The average Bonchev–Trinajstić information content (AvgIpc) is 2.75. The molecule has 2 amide bonds. The van der Waals surface area contributed by atoms with Gasteiger partial charge in [-0.2, -0.15) is 23.4 Å². The van der Waals surface area contributed by atoms with E-state index in [1.165, 1.54) is 24.0 Å². The smallest absolute Gasteiger partial charge is 0.433 e. The first-order valence-corrected chi connectivity index (χ1v) is 10.5. The number of halogens is 5. The normalized spacial score (nSPS) is 19.3. The van der Waals surface area contributed by atoms with Crippen LogP contribution in [0.2, 0.25) is 0 Å². The van der Waals surface area contributed by atoms with Gasteiger partial charge >= 0.3 is 6.18 Å². The Labute approximate surface area is 195 Å². The van der Waals surface area contributed by atoms with Crippen LogP contribution >= 0.6 is 0 Å². The van der Waals surface area contributed by atoms with Gasteiger partial charge in [0.05, 0.1) is 12.1 Å². The number of nitrogens with one attached hydrogen (secondary N) is 1. The summed E-state index contributed by atoms with van der Waals surface area (Å²) in [5, 5.41) is 12.0. The number of alkyl halides is 5. The van der Waals surface area contributed by atoms with Gasteiger partial charge < -0.3 is 10.1 Å². The Balaban J connectivity index is 1.57. The lowest BCUT2D eigenvalue weighted by Crippen LogP contribution is -2.44. The van der Waals surface area contributed by atoms with Crippen LogP contribution in [-0.4, -0.2) is 33.8 Å². The molecule has 8 nitrogen and oxygen atoms in total. The Kier molecular flexibility index (Phi) is 6.08. The summed E-state index contributed by atoms with van der Waals surface area (Å²) in [4.78, 5) is 33.8. The zero-order valence-corrected chi connectivity index (χ0v) is 18.2. The molecule has 13 heteroatoms. The number of aromatic nitrogens is 2. The zero-order chi connectivity index (χ0) is 25.5. The van der Waals surface area contributed by atoms with E-state index in [1.54, 1.807) is 0 Å². The van der Waals surface area contributed by atoms with E-state index in [2.05, 4.69) is 15.3 Å².